The Morgan fingerprint density at radius 2 is 2.00 bits per heavy atom. The van der Waals surface area contributed by atoms with Crippen LogP contribution in [0.1, 0.15) is 30.9 Å². The lowest BCUT2D eigenvalue weighted by atomic mass is 10.0. The summed E-state index contributed by atoms with van der Waals surface area (Å²) in [4.78, 5) is 0. The summed E-state index contributed by atoms with van der Waals surface area (Å²) >= 11 is 0. The molecule has 1 aliphatic rings. The van der Waals surface area contributed by atoms with E-state index in [1.807, 2.05) is 0 Å². The van der Waals surface area contributed by atoms with E-state index in [1.54, 1.807) is 13.0 Å². The molecule has 0 aliphatic heterocycles. The van der Waals surface area contributed by atoms with Gasteiger partial charge in [-0.1, -0.05) is 6.07 Å². The van der Waals surface area contributed by atoms with Gasteiger partial charge >= 0.3 is 6.18 Å². The summed E-state index contributed by atoms with van der Waals surface area (Å²) in [6.07, 6.45) is -1.88. The van der Waals surface area contributed by atoms with Gasteiger partial charge in [-0.15, -0.1) is 12.4 Å². The minimum Gasteiger partial charge on any atom is -0.493 e. The molecule has 1 aromatic carbocycles. The monoisotopic (exact) mass is 309 g/mol. The van der Waals surface area contributed by atoms with Crippen molar-refractivity contribution in [3.8, 4) is 5.75 Å². The third-order valence-electron chi connectivity index (χ3n) is 3.08. The van der Waals surface area contributed by atoms with Crippen molar-refractivity contribution in [2.45, 2.75) is 38.4 Å². The SMILES string of the molecule is CC(N)Cc1ccc(OCC2CC2)c(C(F)(F)F)c1.Cl. The second-order valence-corrected chi connectivity index (χ2v) is 5.26. The fourth-order valence-electron chi connectivity index (χ4n) is 1.92. The van der Waals surface area contributed by atoms with E-state index in [4.69, 9.17) is 10.5 Å². The Morgan fingerprint density at radius 1 is 1.35 bits per heavy atom. The van der Waals surface area contributed by atoms with E-state index < -0.39 is 11.7 Å². The second-order valence-electron chi connectivity index (χ2n) is 5.26. The van der Waals surface area contributed by atoms with Gasteiger partial charge in [0.15, 0.2) is 0 Å². The highest BCUT2D eigenvalue weighted by molar-refractivity contribution is 5.85. The molecule has 0 spiro atoms. The maximum absolute atomic E-state index is 13.0. The van der Waals surface area contributed by atoms with Crippen molar-refractivity contribution in [3.05, 3.63) is 29.3 Å². The van der Waals surface area contributed by atoms with Crippen LogP contribution in [0.3, 0.4) is 0 Å². The molecule has 2 N–H and O–H groups in total. The lowest BCUT2D eigenvalue weighted by Crippen LogP contribution is -2.18. The van der Waals surface area contributed by atoms with Gasteiger partial charge in [-0.2, -0.15) is 13.2 Å². The van der Waals surface area contributed by atoms with Crippen LogP contribution in [-0.4, -0.2) is 12.6 Å². The van der Waals surface area contributed by atoms with Gasteiger partial charge in [-0.3, -0.25) is 0 Å². The molecule has 114 valence electrons. The molecular weight excluding hydrogens is 291 g/mol. The Kier molecular flexibility index (Phi) is 5.71. The molecule has 0 amide bonds. The van der Waals surface area contributed by atoms with Crippen LogP contribution in [0.25, 0.3) is 0 Å². The van der Waals surface area contributed by atoms with Gasteiger partial charge in [0.2, 0.25) is 0 Å². The minimum atomic E-state index is -4.40. The number of hydrogen-bond acceptors (Lipinski definition) is 2. The first-order chi connectivity index (χ1) is 8.86. The first-order valence-electron chi connectivity index (χ1n) is 6.45. The molecule has 0 bridgehead atoms. The maximum atomic E-state index is 13.0. The van der Waals surface area contributed by atoms with Crippen molar-refractivity contribution in [1.29, 1.82) is 0 Å². The largest absolute Gasteiger partial charge is 0.493 e. The van der Waals surface area contributed by atoms with Crippen LogP contribution >= 0.6 is 12.4 Å². The first-order valence-corrected chi connectivity index (χ1v) is 6.45. The van der Waals surface area contributed by atoms with E-state index in [-0.39, 0.29) is 24.2 Å². The third-order valence-corrected chi connectivity index (χ3v) is 3.08. The van der Waals surface area contributed by atoms with Crippen LogP contribution < -0.4 is 10.5 Å². The minimum absolute atomic E-state index is 0. The van der Waals surface area contributed by atoms with Gasteiger partial charge in [0, 0.05) is 6.04 Å². The third kappa shape index (κ3) is 4.87. The Morgan fingerprint density at radius 3 is 2.50 bits per heavy atom. The van der Waals surface area contributed by atoms with Crippen LogP contribution in [0.2, 0.25) is 0 Å². The fourth-order valence-corrected chi connectivity index (χ4v) is 1.92. The van der Waals surface area contributed by atoms with Gasteiger partial charge in [0.05, 0.1) is 12.2 Å². The standard InChI is InChI=1S/C14H18F3NO.ClH/c1-9(18)6-11-4-5-13(19-8-10-2-3-10)12(7-11)14(15,16)17;/h4-5,7,9-10H,2-3,6,8,18H2,1H3;1H. The molecule has 1 unspecified atom stereocenters. The highest BCUT2D eigenvalue weighted by Gasteiger charge is 2.35. The summed E-state index contributed by atoms with van der Waals surface area (Å²) in [5.41, 5.74) is 5.50. The van der Waals surface area contributed by atoms with Crippen molar-refractivity contribution < 1.29 is 17.9 Å². The Bertz CT molecular complexity index is 445. The zero-order chi connectivity index (χ0) is 14.0. The Hall–Kier alpha value is -0.940. The first kappa shape index (κ1) is 17.1. The lowest BCUT2D eigenvalue weighted by molar-refractivity contribution is -0.139. The van der Waals surface area contributed by atoms with Crippen LogP contribution in [0.15, 0.2) is 18.2 Å². The average molecular weight is 310 g/mol. The number of alkyl halides is 3. The smallest absolute Gasteiger partial charge is 0.419 e. The molecule has 6 heteroatoms. The Balaban J connectivity index is 0.00000200. The van der Waals surface area contributed by atoms with Crippen LogP contribution in [0.4, 0.5) is 13.2 Å². The molecule has 1 saturated carbocycles. The summed E-state index contributed by atoms with van der Waals surface area (Å²) < 4.78 is 44.3. The number of ether oxygens (including phenoxy) is 1. The summed E-state index contributed by atoms with van der Waals surface area (Å²) in [5, 5.41) is 0. The molecule has 0 aromatic heterocycles. The molecule has 0 radical (unpaired) electrons. The molecule has 0 heterocycles. The van der Waals surface area contributed by atoms with E-state index in [9.17, 15) is 13.2 Å². The highest BCUT2D eigenvalue weighted by atomic mass is 35.5. The number of nitrogens with two attached hydrogens (primary N) is 1. The van der Waals surface area contributed by atoms with Gasteiger partial charge in [0.1, 0.15) is 5.75 Å². The average Bonchev–Trinajstić information content (AvgIpc) is 3.09. The van der Waals surface area contributed by atoms with E-state index in [0.717, 1.165) is 18.9 Å². The topological polar surface area (TPSA) is 35.2 Å². The predicted molar refractivity (Wildman–Crippen MR) is 74.3 cm³/mol. The second kappa shape index (κ2) is 6.68. The summed E-state index contributed by atoms with van der Waals surface area (Å²) in [6, 6.07) is 4.04. The molecule has 2 nitrogen and oxygen atoms in total. The summed E-state index contributed by atoms with van der Waals surface area (Å²) in [7, 11) is 0. The van der Waals surface area contributed by atoms with Gasteiger partial charge in [0.25, 0.3) is 0 Å². The van der Waals surface area contributed by atoms with Crippen molar-refractivity contribution in [3.63, 3.8) is 0 Å². The molecule has 1 aliphatic carbocycles. The summed E-state index contributed by atoms with van der Waals surface area (Å²) in [6.45, 7) is 2.14. The van der Waals surface area contributed by atoms with Gasteiger partial charge < -0.3 is 10.5 Å². The molecule has 1 fully saturated rings. The molecule has 1 aromatic rings. The number of benzene rings is 1. The van der Waals surface area contributed by atoms with E-state index in [1.165, 1.54) is 6.07 Å². The number of hydrogen-bond donors (Lipinski definition) is 1. The molecule has 1 atom stereocenters. The molecule has 0 saturated heterocycles. The lowest BCUT2D eigenvalue weighted by Gasteiger charge is -2.16. The highest BCUT2D eigenvalue weighted by Crippen LogP contribution is 2.38. The molecule has 2 rings (SSSR count). The molecular formula is C14H19ClF3NO. The number of halogens is 4. The predicted octanol–water partition coefficient (Wildman–Crippen LogP) is 3.81. The Labute approximate surface area is 122 Å². The number of rotatable bonds is 5. The molecule has 20 heavy (non-hydrogen) atoms. The van der Waals surface area contributed by atoms with Crippen molar-refractivity contribution >= 4 is 12.4 Å². The normalized spacial score (nSPS) is 16.4. The zero-order valence-electron chi connectivity index (χ0n) is 11.2. The zero-order valence-corrected chi connectivity index (χ0v) is 12.1. The van der Waals surface area contributed by atoms with Crippen molar-refractivity contribution in [2.75, 3.05) is 6.61 Å². The fraction of sp³-hybridized carbons (Fsp3) is 0.571. The summed E-state index contributed by atoms with van der Waals surface area (Å²) in [5.74, 6) is 0.345. The van der Waals surface area contributed by atoms with Gasteiger partial charge in [-0.05, 0) is 49.8 Å². The van der Waals surface area contributed by atoms with E-state index in [0.29, 0.717) is 24.5 Å². The van der Waals surface area contributed by atoms with Crippen LogP contribution in [0, 0.1) is 5.92 Å². The van der Waals surface area contributed by atoms with Crippen LogP contribution in [-0.2, 0) is 12.6 Å². The van der Waals surface area contributed by atoms with Crippen LogP contribution in [0.5, 0.6) is 5.75 Å². The van der Waals surface area contributed by atoms with Crippen molar-refractivity contribution in [1.82, 2.24) is 0 Å². The van der Waals surface area contributed by atoms with Gasteiger partial charge in [-0.25, -0.2) is 0 Å². The maximum Gasteiger partial charge on any atom is 0.419 e. The quantitative estimate of drug-likeness (QED) is 0.897. The van der Waals surface area contributed by atoms with E-state index >= 15 is 0 Å². The van der Waals surface area contributed by atoms with Crippen molar-refractivity contribution in [2.24, 2.45) is 11.7 Å². The van der Waals surface area contributed by atoms with E-state index in [2.05, 4.69) is 0 Å².